The number of methoxy groups -OCH3 is 1. The van der Waals surface area contributed by atoms with Crippen molar-refractivity contribution in [3.63, 3.8) is 0 Å². The van der Waals surface area contributed by atoms with Crippen LogP contribution in [0.5, 0.6) is 5.75 Å². The normalized spacial score (nSPS) is 13.2. The van der Waals surface area contributed by atoms with Gasteiger partial charge in [0, 0.05) is 27.2 Å². The third-order valence-corrected chi connectivity index (χ3v) is 7.36. The van der Waals surface area contributed by atoms with E-state index < -0.39 is 11.8 Å². The summed E-state index contributed by atoms with van der Waals surface area (Å²) in [4.78, 5) is 44.0. The Balaban J connectivity index is 1.27. The number of rotatable bonds is 7. The van der Waals surface area contributed by atoms with E-state index in [1.165, 1.54) is 18.4 Å². The van der Waals surface area contributed by atoms with Crippen LogP contribution in [0.4, 0.5) is 16.5 Å². The molecule has 2 N–H and O–H groups in total. The highest BCUT2D eigenvalue weighted by atomic mass is 35.5. The summed E-state index contributed by atoms with van der Waals surface area (Å²) in [5, 5.41) is 8.53. The molecule has 196 valence electrons. The molecular weight excluding hydrogens is 583 g/mol. The number of thiazole rings is 1. The van der Waals surface area contributed by atoms with E-state index in [-0.39, 0.29) is 22.3 Å². The van der Waals surface area contributed by atoms with Gasteiger partial charge < -0.3 is 10.1 Å². The predicted octanol–water partition coefficient (Wildman–Crippen LogP) is 6.81. The number of hydrogen-bond acceptors (Lipinski definition) is 7. The lowest BCUT2D eigenvalue weighted by atomic mass is 10.2. The van der Waals surface area contributed by atoms with E-state index >= 15 is 0 Å². The molecule has 0 aliphatic carbocycles. The average molecular weight is 600 g/mol. The number of hydrogen-bond donors (Lipinski definition) is 2. The van der Waals surface area contributed by atoms with Crippen molar-refractivity contribution < 1.29 is 19.1 Å². The van der Waals surface area contributed by atoms with Gasteiger partial charge in [0.25, 0.3) is 17.7 Å². The Morgan fingerprint density at radius 3 is 2.44 bits per heavy atom. The first kappa shape index (κ1) is 26.7. The Labute approximate surface area is 241 Å². The summed E-state index contributed by atoms with van der Waals surface area (Å²) < 4.78 is 5.27. The maximum Gasteiger partial charge on any atom is 0.283 e. The van der Waals surface area contributed by atoms with Gasteiger partial charge in [-0.05, 0) is 54.6 Å². The van der Waals surface area contributed by atoms with E-state index in [2.05, 4.69) is 15.6 Å². The predicted molar refractivity (Wildman–Crippen MR) is 154 cm³/mol. The zero-order chi connectivity index (χ0) is 27.7. The SMILES string of the molecule is COc1ccccc1N1C(=O)C(Cl)=C(Nc2ccc(C(=O)Nc3nc(-c4ccc(Cl)cc4Cl)cs3)cc2)C1=O. The van der Waals surface area contributed by atoms with Crippen molar-refractivity contribution in [3.05, 3.63) is 98.4 Å². The Morgan fingerprint density at radius 2 is 1.72 bits per heavy atom. The largest absolute Gasteiger partial charge is 0.495 e. The summed E-state index contributed by atoms with van der Waals surface area (Å²) in [5.41, 5.74) is 2.31. The number of carbonyl (C=O) groups excluding carboxylic acids is 3. The van der Waals surface area contributed by atoms with Crippen molar-refractivity contribution >= 4 is 80.4 Å². The molecule has 0 spiro atoms. The highest BCUT2D eigenvalue weighted by Gasteiger charge is 2.40. The number of anilines is 3. The van der Waals surface area contributed by atoms with Crippen LogP contribution in [-0.4, -0.2) is 29.8 Å². The third kappa shape index (κ3) is 5.35. The molecule has 1 aliphatic heterocycles. The molecule has 0 saturated heterocycles. The van der Waals surface area contributed by atoms with Crippen LogP contribution in [0.1, 0.15) is 10.4 Å². The summed E-state index contributed by atoms with van der Waals surface area (Å²) in [6, 6.07) is 18.0. The molecule has 1 aliphatic rings. The molecule has 3 amide bonds. The van der Waals surface area contributed by atoms with Gasteiger partial charge in [0.15, 0.2) is 5.13 Å². The molecular formula is C27H17Cl3N4O4S. The zero-order valence-corrected chi connectivity index (χ0v) is 23.1. The smallest absolute Gasteiger partial charge is 0.283 e. The Hall–Kier alpha value is -3.89. The van der Waals surface area contributed by atoms with Crippen LogP contribution in [0.3, 0.4) is 0 Å². The van der Waals surface area contributed by atoms with Gasteiger partial charge in [-0.25, -0.2) is 9.88 Å². The highest BCUT2D eigenvalue weighted by molar-refractivity contribution is 7.14. The Kier molecular flexibility index (Phi) is 7.58. The molecule has 12 heteroatoms. The van der Waals surface area contributed by atoms with Crippen LogP contribution in [-0.2, 0) is 9.59 Å². The summed E-state index contributed by atoms with van der Waals surface area (Å²) in [7, 11) is 1.44. The van der Waals surface area contributed by atoms with Gasteiger partial charge in [-0.1, -0.05) is 46.9 Å². The first-order valence-corrected chi connectivity index (χ1v) is 13.3. The van der Waals surface area contributed by atoms with Crippen molar-refractivity contribution in [3.8, 4) is 17.0 Å². The van der Waals surface area contributed by atoms with Gasteiger partial charge in [0.2, 0.25) is 0 Å². The van der Waals surface area contributed by atoms with Crippen molar-refractivity contribution in [2.24, 2.45) is 0 Å². The fourth-order valence-electron chi connectivity index (χ4n) is 3.82. The third-order valence-electron chi connectivity index (χ3n) is 5.70. The average Bonchev–Trinajstić information content (AvgIpc) is 3.47. The Bertz CT molecular complexity index is 1650. The van der Waals surface area contributed by atoms with Gasteiger partial charge in [-0.2, -0.15) is 0 Å². The lowest BCUT2D eigenvalue weighted by Crippen LogP contribution is -2.32. The van der Waals surface area contributed by atoms with Gasteiger partial charge >= 0.3 is 0 Å². The maximum atomic E-state index is 13.1. The van der Waals surface area contributed by atoms with Gasteiger partial charge in [0.1, 0.15) is 16.5 Å². The molecule has 3 aromatic carbocycles. The molecule has 0 atom stereocenters. The van der Waals surface area contributed by atoms with Crippen molar-refractivity contribution in [1.29, 1.82) is 0 Å². The molecule has 0 unspecified atom stereocenters. The van der Waals surface area contributed by atoms with Gasteiger partial charge in [-0.15, -0.1) is 11.3 Å². The summed E-state index contributed by atoms with van der Waals surface area (Å²) >= 11 is 19.7. The second kappa shape index (κ2) is 11.1. The topological polar surface area (TPSA) is 101 Å². The molecule has 1 aromatic heterocycles. The molecule has 0 radical (unpaired) electrons. The van der Waals surface area contributed by atoms with E-state index in [0.29, 0.717) is 43.4 Å². The number of halogens is 3. The van der Waals surface area contributed by atoms with E-state index in [1.807, 2.05) is 0 Å². The molecule has 4 aromatic rings. The van der Waals surface area contributed by atoms with Gasteiger partial charge in [0.05, 0.1) is 23.5 Å². The minimum Gasteiger partial charge on any atom is -0.495 e. The first-order valence-electron chi connectivity index (χ1n) is 11.3. The van der Waals surface area contributed by atoms with E-state index in [1.54, 1.807) is 72.1 Å². The maximum absolute atomic E-state index is 13.1. The first-order chi connectivity index (χ1) is 18.8. The van der Waals surface area contributed by atoms with Crippen molar-refractivity contribution in [2.75, 3.05) is 22.6 Å². The van der Waals surface area contributed by atoms with Crippen LogP contribution in [0.25, 0.3) is 11.3 Å². The number of amides is 3. The molecule has 0 fully saturated rings. The van der Waals surface area contributed by atoms with Crippen LogP contribution >= 0.6 is 46.1 Å². The molecule has 5 rings (SSSR count). The second-order valence-electron chi connectivity index (χ2n) is 8.13. The minimum absolute atomic E-state index is 0.0825. The monoisotopic (exact) mass is 598 g/mol. The molecule has 39 heavy (non-hydrogen) atoms. The number of nitrogens with zero attached hydrogens (tertiary/aromatic N) is 2. The zero-order valence-electron chi connectivity index (χ0n) is 20.0. The second-order valence-corrected chi connectivity index (χ2v) is 10.2. The molecule has 8 nitrogen and oxygen atoms in total. The quantitative estimate of drug-likeness (QED) is 0.226. The van der Waals surface area contributed by atoms with Crippen molar-refractivity contribution in [1.82, 2.24) is 4.98 Å². The van der Waals surface area contributed by atoms with E-state index in [9.17, 15) is 14.4 Å². The highest BCUT2D eigenvalue weighted by Crippen LogP contribution is 2.36. The summed E-state index contributed by atoms with van der Waals surface area (Å²) in [6.07, 6.45) is 0. The summed E-state index contributed by atoms with van der Waals surface area (Å²) in [5.74, 6) is -1.33. The minimum atomic E-state index is -0.674. The number of nitrogens with one attached hydrogen (secondary N) is 2. The number of benzene rings is 3. The number of carbonyl (C=O) groups is 3. The summed E-state index contributed by atoms with van der Waals surface area (Å²) in [6.45, 7) is 0. The number of ether oxygens (including phenoxy) is 1. The van der Waals surface area contributed by atoms with Crippen LogP contribution < -0.4 is 20.3 Å². The Morgan fingerprint density at radius 1 is 0.974 bits per heavy atom. The van der Waals surface area contributed by atoms with Crippen LogP contribution in [0.15, 0.2) is 82.8 Å². The number of para-hydroxylation sites is 2. The molecule has 2 heterocycles. The lowest BCUT2D eigenvalue weighted by Gasteiger charge is -2.17. The number of imide groups is 1. The fraction of sp³-hybridized carbons (Fsp3) is 0.0370. The van der Waals surface area contributed by atoms with Crippen molar-refractivity contribution in [2.45, 2.75) is 0 Å². The van der Waals surface area contributed by atoms with Crippen LogP contribution in [0, 0.1) is 0 Å². The van der Waals surface area contributed by atoms with E-state index in [0.717, 1.165) is 4.90 Å². The van der Waals surface area contributed by atoms with Crippen LogP contribution in [0.2, 0.25) is 10.0 Å². The lowest BCUT2D eigenvalue weighted by molar-refractivity contribution is -0.120. The standard InChI is InChI=1S/C27H17Cl3N4O4S/c1-38-21-5-3-2-4-20(21)34-25(36)22(30)23(26(34)37)31-16-9-6-14(7-10-16)24(35)33-27-32-19(13-39-27)17-11-8-15(28)12-18(17)29/h2-13,31H,1H3,(H,32,33,35). The molecule has 0 bridgehead atoms. The molecule has 0 saturated carbocycles. The van der Waals surface area contributed by atoms with E-state index in [4.69, 9.17) is 39.5 Å². The van der Waals surface area contributed by atoms with Gasteiger partial charge in [-0.3, -0.25) is 19.7 Å². The number of aromatic nitrogens is 1. The fourth-order valence-corrected chi connectivity index (χ4v) is 5.24.